The second-order valence-corrected chi connectivity index (χ2v) is 5.33. The minimum atomic E-state index is 0.231. The molecule has 3 nitrogen and oxygen atoms in total. The summed E-state index contributed by atoms with van der Waals surface area (Å²) in [5, 5.41) is 12.6. The van der Waals surface area contributed by atoms with Gasteiger partial charge in [-0.3, -0.25) is 5.84 Å². The van der Waals surface area contributed by atoms with Crippen LogP contribution in [0.4, 0.5) is 0 Å². The zero-order valence-corrected chi connectivity index (χ0v) is 11.0. The number of phenolic OH excluding ortho intramolecular Hbond substituents is 1. The summed E-state index contributed by atoms with van der Waals surface area (Å²) in [4.78, 5) is 0. The zero-order valence-electron chi connectivity index (χ0n) is 9.50. The van der Waals surface area contributed by atoms with Crippen LogP contribution in [0.3, 0.4) is 0 Å². The largest absolute Gasteiger partial charge is 0.508 e. The maximum absolute atomic E-state index is 9.82. The van der Waals surface area contributed by atoms with Crippen molar-refractivity contribution in [3.05, 3.63) is 27.7 Å². The SMILES string of the molecule is NN1CCC(Cc2c(O)ccc(Cl)c2Cl)CC1. The van der Waals surface area contributed by atoms with Crippen LogP contribution in [-0.2, 0) is 6.42 Å². The average Bonchev–Trinajstić information content (AvgIpc) is 2.32. The molecule has 1 aliphatic heterocycles. The Labute approximate surface area is 111 Å². The van der Waals surface area contributed by atoms with Crippen molar-refractivity contribution in [1.29, 1.82) is 0 Å². The molecule has 94 valence electrons. The van der Waals surface area contributed by atoms with E-state index in [1.165, 1.54) is 0 Å². The highest BCUT2D eigenvalue weighted by molar-refractivity contribution is 6.42. The summed E-state index contributed by atoms with van der Waals surface area (Å²) in [6, 6.07) is 3.22. The number of hydrazine groups is 1. The molecule has 5 heteroatoms. The molecule has 0 spiro atoms. The van der Waals surface area contributed by atoms with Crippen molar-refractivity contribution in [2.45, 2.75) is 19.3 Å². The molecule has 0 saturated carbocycles. The topological polar surface area (TPSA) is 49.5 Å². The normalized spacial score (nSPS) is 18.5. The highest BCUT2D eigenvalue weighted by Crippen LogP contribution is 2.35. The third-order valence-corrected chi connectivity index (χ3v) is 4.16. The monoisotopic (exact) mass is 274 g/mol. The number of nitrogens with zero attached hydrogens (tertiary/aromatic N) is 1. The summed E-state index contributed by atoms with van der Waals surface area (Å²) < 4.78 is 0. The van der Waals surface area contributed by atoms with Gasteiger partial charge in [0.05, 0.1) is 10.0 Å². The summed E-state index contributed by atoms with van der Waals surface area (Å²) in [6.07, 6.45) is 2.82. The Morgan fingerprint density at radius 1 is 1.29 bits per heavy atom. The van der Waals surface area contributed by atoms with Gasteiger partial charge in [-0.2, -0.15) is 0 Å². The Bertz CT molecular complexity index is 404. The maximum atomic E-state index is 9.82. The van der Waals surface area contributed by atoms with Crippen LogP contribution in [0.5, 0.6) is 5.75 Å². The molecule has 1 heterocycles. The molecule has 1 aromatic carbocycles. The van der Waals surface area contributed by atoms with E-state index in [0.29, 0.717) is 16.0 Å². The molecule has 17 heavy (non-hydrogen) atoms. The van der Waals surface area contributed by atoms with Gasteiger partial charge in [0.1, 0.15) is 5.75 Å². The summed E-state index contributed by atoms with van der Waals surface area (Å²) in [7, 11) is 0. The Balaban J connectivity index is 2.11. The van der Waals surface area contributed by atoms with Crippen LogP contribution < -0.4 is 5.84 Å². The van der Waals surface area contributed by atoms with Crippen LogP contribution in [-0.4, -0.2) is 23.2 Å². The smallest absolute Gasteiger partial charge is 0.120 e. The first-order chi connectivity index (χ1) is 8.08. The number of phenols is 1. The third kappa shape index (κ3) is 3.05. The quantitative estimate of drug-likeness (QED) is 0.816. The Hall–Kier alpha value is -0.480. The number of benzene rings is 1. The van der Waals surface area contributed by atoms with Crippen molar-refractivity contribution >= 4 is 23.2 Å². The van der Waals surface area contributed by atoms with Gasteiger partial charge in [-0.15, -0.1) is 0 Å². The predicted octanol–water partition coefficient (Wildman–Crippen LogP) is 2.83. The van der Waals surface area contributed by atoms with Crippen molar-refractivity contribution in [2.75, 3.05) is 13.1 Å². The van der Waals surface area contributed by atoms with E-state index in [4.69, 9.17) is 29.0 Å². The molecule has 0 atom stereocenters. The zero-order chi connectivity index (χ0) is 12.4. The lowest BCUT2D eigenvalue weighted by Gasteiger charge is -2.28. The molecule has 1 aliphatic rings. The Kier molecular flexibility index (Phi) is 4.15. The first kappa shape index (κ1) is 13.0. The Morgan fingerprint density at radius 3 is 2.59 bits per heavy atom. The van der Waals surface area contributed by atoms with Crippen molar-refractivity contribution in [1.82, 2.24) is 5.01 Å². The number of hydrogen-bond acceptors (Lipinski definition) is 3. The van der Waals surface area contributed by atoms with Crippen LogP contribution >= 0.6 is 23.2 Å². The van der Waals surface area contributed by atoms with E-state index in [2.05, 4.69) is 0 Å². The number of piperidine rings is 1. The Morgan fingerprint density at radius 2 is 1.94 bits per heavy atom. The van der Waals surface area contributed by atoms with Gasteiger partial charge in [0.2, 0.25) is 0 Å². The van der Waals surface area contributed by atoms with E-state index in [-0.39, 0.29) is 5.75 Å². The van der Waals surface area contributed by atoms with Crippen molar-refractivity contribution in [2.24, 2.45) is 11.8 Å². The fourth-order valence-corrected chi connectivity index (χ4v) is 2.64. The first-order valence-corrected chi connectivity index (χ1v) is 6.49. The van der Waals surface area contributed by atoms with Gasteiger partial charge in [-0.1, -0.05) is 23.2 Å². The summed E-state index contributed by atoms with van der Waals surface area (Å²) >= 11 is 12.1. The fraction of sp³-hybridized carbons (Fsp3) is 0.500. The molecular formula is C12H16Cl2N2O. The molecule has 0 bridgehead atoms. The second kappa shape index (κ2) is 5.44. The second-order valence-electron chi connectivity index (χ2n) is 4.54. The molecule has 1 saturated heterocycles. The van der Waals surface area contributed by atoms with E-state index in [9.17, 15) is 5.11 Å². The number of nitrogens with two attached hydrogens (primary N) is 1. The first-order valence-electron chi connectivity index (χ1n) is 5.73. The molecule has 0 aliphatic carbocycles. The number of halogens is 2. The van der Waals surface area contributed by atoms with Crippen LogP contribution in [0.25, 0.3) is 0 Å². The highest BCUT2D eigenvalue weighted by atomic mass is 35.5. The van der Waals surface area contributed by atoms with Crippen LogP contribution in [0.2, 0.25) is 10.0 Å². The average molecular weight is 275 g/mol. The van der Waals surface area contributed by atoms with Gasteiger partial charge in [-0.25, -0.2) is 5.01 Å². The van der Waals surface area contributed by atoms with Crippen LogP contribution in [0.1, 0.15) is 18.4 Å². The number of aromatic hydroxyl groups is 1. The van der Waals surface area contributed by atoms with Gasteiger partial charge < -0.3 is 5.11 Å². The summed E-state index contributed by atoms with van der Waals surface area (Å²) in [6.45, 7) is 1.78. The summed E-state index contributed by atoms with van der Waals surface area (Å²) in [5.41, 5.74) is 0.759. The molecule has 1 fully saturated rings. The molecule has 2 rings (SSSR count). The molecule has 1 aromatic rings. The minimum absolute atomic E-state index is 0.231. The van der Waals surface area contributed by atoms with Gasteiger partial charge in [-0.05, 0) is 37.3 Å². The van der Waals surface area contributed by atoms with E-state index in [1.807, 2.05) is 5.01 Å². The highest BCUT2D eigenvalue weighted by Gasteiger charge is 2.20. The maximum Gasteiger partial charge on any atom is 0.120 e. The number of hydrogen-bond donors (Lipinski definition) is 2. The molecule has 0 radical (unpaired) electrons. The lowest BCUT2D eigenvalue weighted by atomic mass is 9.90. The van der Waals surface area contributed by atoms with Gasteiger partial charge in [0, 0.05) is 18.7 Å². The molecule has 3 N–H and O–H groups in total. The lowest BCUT2D eigenvalue weighted by Crippen LogP contribution is -2.39. The number of rotatable bonds is 2. The van der Waals surface area contributed by atoms with Gasteiger partial charge in [0.25, 0.3) is 0 Å². The molecular weight excluding hydrogens is 259 g/mol. The van der Waals surface area contributed by atoms with Crippen LogP contribution in [0.15, 0.2) is 12.1 Å². The van der Waals surface area contributed by atoms with Gasteiger partial charge in [0.15, 0.2) is 0 Å². The van der Waals surface area contributed by atoms with Crippen molar-refractivity contribution in [3.8, 4) is 5.75 Å². The van der Waals surface area contributed by atoms with Crippen molar-refractivity contribution in [3.63, 3.8) is 0 Å². The third-order valence-electron chi connectivity index (χ3n) is 3.31. The lowest BCUT2D eigenvalue weighted by molar-refractivity contribution is 0.187. The fourth-order valence-electron chi connectivity index (χ4n) is 2.22. The minimum Gasteiger partial charge on any atom is -0.508 e. The van der Waals surface area contributed by atoms with E-state index in [1.54, 1.807) is 12.1 Å². The molecule has 0 unspecified atom stereocenters. The predicted molar refractivity (Wildman–Crippen MR) is 70.3 cm³/mol. The standard InChI is InChI=1S/C12H16Cl2N2O/c13-10-1-2-11(17)9(12(10)14)7-8-3-5-16(15)6-4-8/h1-2,8,17H,3-7,15H2. The van der Waals surface area contributed by atoms with Crippen molar-refractivity contribution < 1.29 is 5.11 Å². The molecule has 0 aromatic heterocycles. The molecule has 0 amide bonds. The van der Waals surface area contributed by atoms with E-state index < -0.39 is 0 Å². The van der Waals surface area contributed by atoms with Crippen LogP contribution in [0, 0.1) is 5.92 Å². The van der Waals surface area contributed by atoms with Gasteiger partial charge >= 0.3 is 0 Å². The van der Waals surface area contributed by atoms with E-state index >= 15 is 0 Å². The van der Waals surface area contributed by atoms with E-state index in [0.717, 1.165) is 37.9 Å². The summed E-state index contributed by atoms with van der Waals surface area (Å²) in [5.74, 6) is 6.45.